The van der Waals surface area contributed by atoms with Crippen molar-refractivity contribution >= 4 is 38.3 Å². The van der Waals surface area contributed by atoms with Gasteiger partial charge in [-0.2, -0.15) is 0 Å². The first-order chi connectivity index (χ1) is 9.11. The average molecular weight is 276 g/mol. The lowest BCUT2D eigenvalue weighted by Crippen LogP contribution is -2.35. The second-order valence-corrected chi connectivity index (χ2v) is 5.86. The molecule has 0 radical (unpaired) electrons. The minimum Gasteiger partial charge on any atom is -0.399 e. The summed E-state index contributed by atoms with van der Waals surface area (Å²) < 4.78 is 1.11. The van der Waals surface area contributed by atoms with E-state index in [2.05, 4.69) is 15.2 Å². The van der Waals surface area contributed by atoms with Crippen LogP contribution in [0.1, 0.15) is 13.3 Å². The van der Waals surface area contributed by atoms with Gasteiger partial charge >= 0.3 is 0 Å². The largest absolute Gasteiger partial charge is 0.399 e. The molecule has 1 unspecified atom stereocenters. The lowest BCUT2D eigenvalue weighted by Gasteiger charge is -2.14. The summed E-state index contributed by atoms with van der Waals surface area (Å²) in [5, 5.41) is 3.97. The van der Waals surface area contributed by atoms with Gasteiger partial charge in [0.25, 0.3) is 0 Å². The molecular weight excluding hydrogens is 260 g/mol. The molecule has 1 saturated heterocycles. The van der Waals surface area contributed by atoms with Crippen LogP contribution in [0.15, 0.2) is 18.2 Å². The van der Waals surface area contributed by atoms with Gasteiger partial charge in [0.05, 0.1) is 10.2 Å². The molecule has 5 nitrogen and oxygen atoms in total. The minimum atomic E-state index is 0.0314. The summed E-state index contributed by atoms with van der Waals surface area (Å²) in [7, 11) is 0. The normalized spacial score (nSPS) is 19.0. The number of nitrogen functional groups attached to an aromatic ring is 1. The van der Waals surface area contributed by atoms with Crippen LogP contribution in [0.3, 0.4) is 0 Å². The monoisotopic (exact) mass is 276 g/mol. The molecule has 19 heavy (non-hydrogen) atoms. The Morgan fingerprint density at radius 2 is 2.42 bits per heavy atom. The Balaban J connectivity index is 1.79. The van der Waals surface area contributed by atoms with Gasteiger partial charge in [-0.1, -0.05) is 11.3 Å². The average Bonchev–Trinajstić information content (AvgIpc) is 2.93. The summed E-state index contributed by atoms with van der Waals surface area (Å²) in [5.41, 5.74) is 7.53. The predicted octanol–water partition coefficient (Wildman–Crippen LogP) is 1.59. The van der Waals surface area contributed by atoms with Gasteiger partial charge < -0.3 is 16.0 Å². The molecule has 2 heterocycles. The standard InChI is InChI=1S/C13H16N4OS/c1-8(18)15-10-4-5-17(7-10)13-16-11-3-2-9(14)6-12(11)19-13/h2-3,6,10H,4-5,7,14H2,1H3,(H,15,18). The molecule has 0 saturated carbocycles. The number of anilines is 2. The van der Waals surface area contributed by atoms with E-state index in [-0.39, 0.29) is 11.9 Å². The minimum absolute atomic E-state index is 0.0314. The molecule has 1 fully saturated rings. The summed E-state index contributed by atoms with van der Waals surface area (Å²) in [4.78, 5) is 17.9. The number of hydrogen-bond donors (Lipinski definition) is 2. The Hall–Kier alpha value is -1.82. The van der Waals surface area contributed by atoms with Gasteiger partial charge in [0.1, 0.15) is 0 Å². The third-order valence-corrected chi connectivity index (χ3v) is 4.35. The van der Waals surface area contributed by atoms with E-state index in [9.17, 15) is 4.79 Å². The number of rotatable bonds is 2. The summed E-state index contributed by atoms with van der Waals surface area (Å²) >= 11 is 1.65. The summed E-state index contributed by atoms with van der Waals surface area (Å²) in [6, 6.07) is 6.01. The van der Waals surface area contributed by atoms with Gasteiger partial charge in [0, 0.05) is 31.7 Å². The number of amides is 1. The zero-order valence-corrected chi connectivity index (χ0v) is 11.5. The smallest absolute Gasteiger partial charge is 0.217 e. The van der Waals surface area contributed by atoms with Crippen molar-refractivity contribution in [1.82, 2.24) is 10.3 Å². The number of carbonyl (C=O) groups is 1. The quantitative estimate of drug-likeness (QED) is 0.817. The van der Waals surface area contributed by atoms with E-state index >= 15 is 0 Å². The molecule has 0 aliphatic carbocycles. The maximum Gasteiger partial charge on any atom is 0.217 e. The van der Waals surface area contributed by atoms with Crippen molar-refractivity contribution in [3.63, 3.8) is 0 Å². The molecule has 1 atom stereocenters. The van der Waals surface area contributed by atoms with Gasteiger partial charge in [0.2, 0.25) is 5.91 Å². The maximum absolute atomic E-state index is 11.1. The van der Waals surface area contributed by atoms with Crippen LogP contribution < -0.4 is 16.0 Å². The Labute approximate surface area is 115 Å². The molecule has 1 aliphatic heterocycles. The Morgan fingerprint density at radius 3 is 3.21 bits per heavy atom. The van der Waals surface area contributed by atoms with E-state index in [1.54, 1.807) is 18.3 Å². The van der Waals surface area contributed by atoms with Crippen LogP contribution in [0.4, 0.5) is 10.8 Å². The van der Waals surface area contributed by atoms with Crippen molar-refractivity contribution in [1.29, 1.82) is 0 Å². The van der Waals surface area contributed by atoms with E-state index in [1.807, 2.05) is 18.2 Å². The van der Waals surface area contributed by atoms with Crippen LogP contribution in [-0.4, -0.2) is 30.0 Å². The van der Waals surface area contributed by atoms with Gasteiger partial charge in [0.15, 0.2) is 5.13 Å². The first-order valence-corrected chi connectivity index (χ1v) is 7.11. The number of fused-ring (bicyclic) bond motifs is 1. The van der Waals surface area contributed by atoms with Gasteiger partial charge in [-0.3, -0.25) is 4.79 Å². The highest BCUT2D eigenvalue weighted by Crippen LogP contribution is 2.31. The fraction of sp³-hybridized carbons (Fsp3) is 0.385. The van der Waals surface area contributed by atoms with Crippen molar-refractivity contribution in [2.45, 2.75) is 19.4 Å². The van der Waals surface area contributed by atoms with Crippen LogP contribution >= 0.6 is 11.3 Å². The predicted molar refractivity (Wildman–Crippen MR) is 78.5 cm³/mol. The molecule has 100 valence electrons. The van der Waals surface area contributed by atoms with E-state index in [0.717, 1.165) is 40.5 Å². The number of benzene rings is 1. The van der Waals surface area contributed by atoms with Crippen molar-refractivity contribution in [3.05, 3.63) is 18.2 Å². The lowest BCUT2D eigenvalue weighted by molar-refractivity contribution is -0.119. The van der Waals surface area contributed by atoms with Crippen LogP contribution in [0.2, 0.25) is 0 Å². The maximum atomic E-state index is 11.1. The van der Waals surface area contributed by atoms with E-state index in [1.165, 1.54) is 0 Å². The Bertz CT molecular complexity index is 624. The number of thiazole rings is 1. The first kappa shape index (κ1) is 12.2. The van der Waals surface area contributed by atoms with Crippen LogP contribution in [-0.2, 0) is 4.79 Å². The van der Waals surface area contributed by atoms with Gasteiger partial charge in [-0.15, -0.1) is 0 Å². The molecule has 2 aromatic rings. The SMILES string of the molecule is CC(=O)NC1CCN(c2nc3ccc(N)cc3s2)C1. The molecule has 3 rings (SSSR count). The highest BCUT2D eigenvalue weighted by molar-refractivity contribution is 7.22. The molecule has 0 spiro atoms. The second-order valence-electron chi connectivity index (χ2n) is 4.86. The number of nitrogens with one attached hydrogen (secondary N) is 1. The molecule has 1 aromatic heterocycles. The molecule has 3 N–H and O–H groups in total. The zero-order valence-electron chi connectivity index (χ0n) is 10.7. The van der Waals surface area contributed by atoms with Crippen molar-refractivity contribution in [2.24, 2.45) is 0 Å². The highest BCUT2D eigenvalue weighted by atomic mass is 32.1. The molecular formula is C13H16N4OS. The van der Waals surface area contributed by atoms with Crippen molar-refractivity contribution < 1.29 is 4.79 Å². The molecule has 1 amide bonds. The number of aromatic nitrogens is 1. The third-order valence-electron chi connectivity index (χ3n) is 3.27. The van der Waals surface area contributed by atoms with Crippen molar-refractivity contribution in [3.8, 4) is 0 Å². The molecule has 0 bridgehead atoms. The number of carbonyl (C=O) groups excluding carboxylic acids is 1. The first-order valence-electron chi connectivity index (χ1n) is 6.30. The number of nitrogens with two attached hydrogens (primary N) is 1. The number of nitrogens with zero attached hydrogens (tertiary/aromatic N) is 2. The summed E-state index contributed by atoms with van der Waals surface area (Å²) in [6.07, 6.45) is 0.970. The van der Waals surface area contributed by atoms with Gasteiger partial charge in [-0.05, 0) is 24.6 Å². The molecule has 1 aromatic carbocycles. The topological polar surface area (TPSA) is 71.2 Å². The van der Waals surface area contributed by atoms with Crippen LogP contribution in [0.25, 0.3) is 10.2 Å². The second kappa shape index (κ2) is 4.70. The van der Waals surface area contributed by atoms with E-state index in [0.29, 0.717) is 0 Å². The van der Waals surface area contributed by atoms with Crippen LogP contribution in [0.5, 0.6) is 0 Å². The number of hydrogen-bond acceptors (Lipinski definition) is 5. The molecule has 1 aliphatic rings. The fourth-order valence-corrected chi connectivity index (χ4v) is 3.45. The highest BCUT2D eigenvalue weighted by Gasteiger charge is 2.25. The Morgan fingerprint density at radius 1 is 1.58 bits per heavy atom. The lowest BCUT2D eigenvalue weighted by atomic mass is 10.3. The van der Waals surface area contributed by atoms with Crippen molar-refractivity contribution in [2.75, 3.05) is 23.7 Å². The van der Waals surface area contributed by atoms with E-state index < -0.39 is 0 Å². The fourth-order valence-electron chi connectivity index (χ4n) is 2.40. The zero-order chi connectivity index (χ0) is 13.4. The summed E-state index contributed by atoms with van der Waals surface area (Å²) in [6.45, 7) is 3.32. The van der Waals surface area contributed by atoms with E-state index in [4.69, 9.17) is 5.73 Å². The summed E-state index contributed by atoms with van der Waals surface area (Å²) in [5.74, 6) is 0.0314. The van der Waals surface area contributed by atoms with Crippen LogP contribution in [0, 0.1) is 0 Å². The van der Waals surface area contributed by atoms with Gasteiger partial charge in [-0.25, -0.2) is 4.98 Å². The Kier molecular flexibility index (Phi) is 3.02. The molecule has 6 heteroatoms. The third kappa shape index (κ3) is 2.49.